The highest BCUT2D eigenvalue weighted by Crippen LogP contribution is 2.24. The van der Waals surface area contributed by atoms with Crippen LogP contribution in [0.3, 0.4) is 0 Å². The minimum absolute atomic E-state index is 0.0325. The standard InChI is InChI=1S/C35H43ClN6O2/c1-39-14-16-40(17-15-39)25-29-8-4-5-9-33(29)41-18-20-42(21-19-41)35(44)32(22-26-10-12-30(36)13-11-26)38-34(43)31-23-27-6-2-3-7-28(27)24-37-31/h2-13,31-32,37H,14-25H2,1H3,(H,38,43)/t31-,32-/m1/s1. The van der Waals surface area contributed by atoms with E-state index in [1.165, 1.54) is 22.4 Å². The number of benzene rings is 3. The zero-order valence-electron chi connectivity index (χ0n) is 25.6. The SMILES string of the molecule is CN1CCN(Cc2ccccc2N2CCN(C(=O)[C@@H](Cc3ccc(Cl)cc3)NC(=O)[C@H]3Cc4ccccc4CN3)CC2)CC1. The molecular formula is C35H43ClN6O2. The molecule has 9 heteroatoms. The van der Waals surface area contributed by atoms with Gasteiger partial charge in [0, 0.05) is 82.6 Å². The van der Waals surface area contributed by atoms with Crippen LogP contribution in [0.15, 0.2) is 72.8 Å². The van der Waals surface area contributed by atoms with Gasteiger partial charge in [-0.25, -0.2) is 0 Å². The Bertz CT molecular complexity index is 1430. The molecule has 2 N–H and O–H groups in total. The molecule has 3 aromatic rings. The number of amides is 2. The Morgan fingerprint density at radius 2 is 1.55 bits per heavy atom. The molecule has 3 aliphatic rings. The van der Waals surface area contributed by atoms with Crippen LogP contribution >= 0.6 is 11.6 Å². The van der Waals surface area contributed by atoms with Crippen molar-refractivity contribution in [3.05, 3.63) is 100 Å². The lowest BCUT2D eigenvalue weighted by Gasteiger charge is -2.39. The molecule has 6 rings (SSSR count). The Kier molecular flexibility index (Phi) is 9.82. The van der Waals surface area contributed by atoms with Gasteiger partial charge in [0.1, 0.15) is 6.04 Å². The molecule has 2 saturated heterocycles. The molecule has 2 fully saturated rings. The normalized spacial score (nSPS) is 20.2. The number of nitrogens with one attached hydrogen (secondary N) is 2. The van der Waals surface area contributed by atoms with Crippen LogP contribution < -0.4 is 15.5 Å². The number of hydrogen-bond donors (Lipinski definition) is 2. The van der Waals surface area contributed by atoms with E-state index in [0.717, 1.165) is 51.4 Å². The number of para-hydroxylation sites is 1. The number of hydrogen-bond acceptors (Lipinski definition) is 6. The predicted octanol–water partition coefficient (Wildman–Crippen LogP) is 3.18. The second kappa shape index (κ2) is 14.1. The van der Waals surface area contributed by atoms with E-state index in [1.807, 2.05) is 41.3 Å². The zero-order chi connectivity index (χ0) is 30.5. The Balaban J connectivity index is 1.11. The van der Waals surface area contributed by atoms with Crippen molar-refractivity contribution in [1.29, 1.82) is 0 Å². The molecule has 3 heterocycles. The van der Waals surface area contributed by atoms with Crippen molar-refractivity contribution < 1.29 is 9.59 Å². The first-order valence-corrected chi connectivity index (χ1v) is 16.2. The molecule has 0 unspecified atom stereocenters. The lowest BCUT2D eigenvalue weighted by Crippen LogP contribution is -2.58. The van der Waals surface area contributed by atoms with Crippen molar-refractivity contribution in [3.8, 4) is 0 Å². The zero-order valence-corrected chi connectivity index (χ0v) is 26.3. The summed E-state index contributed by atoms with van der Waals surface area (Å²) in [6, 6.07) is 23.4. The van der Waals surface area contributed by atoms with Crippen molar-refractivity contribution in [2.45, 2.75) is 38.0 Å². The van der Waals surface area contributed by atoms with Crippen LogP contribution in [0.5, 0.6) is 0 Å². The second-order valence-corrected chi connectivity index (χ2v) is 12.8. The van der Waals surface area contributed by atoms with Gasteiger partial charge < -0.3 is 25.3 Å². The maximum atomic E-state index is 14.0. The van der Waals surface area contributed by atoms with Crippen molar-refractivity contribution in [2.24, 2.45) is 0 Å². The van der Waals surface area contributed by atoms with Crippen LogP contribution in [0.4, 0.5) is 5.69 Å². The van der Waals surface area contributed by atoms with Gasteiger partial charge in [0.2, 0.25) is 11.8 Å². The first-order chi connectivity index (χ1) is 21.4. The van der Waals surface area contributed by atoms with Gasteiger partial charge in [-0.05, 0) is 53.9 Å². The Labute approximate surface area is 265 Å². The first kappa shape index (κ1) is 30.6. The Hall–Kier alpha value is -3.43. The summed E-state index contributed by atoms with van der Waals surface area (Å²) in [5, 5.41) is 7.14. The van der Waals surface area contributed by atoms with E-state index in [1.54, 1.807) is 0 Å². The summed E-state index contributed by atoms with van der Waals surface area (Å²) < 4.78 is 0. The van der Waals surface area contributed by atoms with Gasteiger partial charge in [-0.1, -0.05) is 66.2 Å². The number of rotatable bonds is 8. The van der Waals surface area contributed by atoms with Crippen molar-refractivity contribution in [3.63, 3.8) is 0 Å². The third kappa shape index (κ3) is 7.44. The predicted molar refractivity (Wildman–Crippen MR) is 176 cm³/mol. The second-order valence-electron chi connectivity index (χ2n) is 12.3. The van der Waals surface area contributed by atoms with E-state index in [9.17, 15) is 9.59 Å². The highest BCUT2D eigenvalue weighted by atomic mass is 35.5. The van der Waals surface area contributed by atoms with E-state index in [2.05, 4.69) is 68.8 Å². The highest BCUT2D eigenvalue weighted by molar-refractivity contribution is 6.30. The molecule has 0 saturated carbocycles. The van der Waals surface area contributed by atoms with Crippen molar-refractivity contribution in [2.75, 3.05) is 64.3 Å². The van der Waals surface area contributed by atoms with Gasteiger partial charge in [0.15, 0.2) is 0 Å². The molecule has 8 nitrogen and oxygen atoms in total. The smallest absolute Gasteiger partial charge is 0.245 e. The van der Waals surface area contributed by atoms with Crippen LogP contribution in [-0.4, -0.2) is 98.0 Å². The van der Waals surface area contributed by atoms with E-state index < -0.39 is 6.04 Å². The lowest BCUT2D eigenvalue weighted by atomic mass is 9.95. The minimum Gasteiger partial charge on any atom is -0.368 e. The topological polar surface area (TPSA) is 71.2 Å². The van der Waals surface area contributed by atoms with Gasteiger partial charge in [-0.2, -0.15) is 0 Å². The number of piperazine rings is 2. The molecule has 0 bridgehead atoms. The molecule has 2 amide bonds. The van der Waals surface area contributed by atoms with Crippen LogP contribution in [0.2, 0.25) is 5.02 Å². The van der Waals surface area contributed by atoms with E-state index in [4.69, 9.17) is 11.6 Å². The van der Waals surface area contributed by atoms with Crippen LogP contribution in [0.1, 0.15) is 22.3 Å². The number of anilines is 1. The molecule has 3 aromatic carbocycles. The summed E-state index contributed by atoms with van der Waals surface area (Å²) in [5.74, 6) is -0.168. The quantitative estimate of drug-likeness (QED) is 0.406. The fraction of sp³-hybridized carbons (Fsp3) is 0.429. The summed E-state index contributed by atoms with van der Waals surface area (Å²) in [4.78, 5) is 36.8. The molecule has 0 spiro atoms. The maximum absolute atomic E-state index is 14.0. The number of halogens is 1. The van der Waals surface area contributed by atoms with Gasteiger partial charge in [0.05, 0.1) is 6.04 Å². The molecule has 0 aliphatic carbocycles. The minimum atomic E-state index is -0.654. The van der Waals surface area contributed by atoms with Crippen LogP contribution in [0, 0.1) is 0 Å². The van der Waals surface area contributed by atoms with E-state index in [0.29, 0.717) is 37.5 Å². The Morgan fingerprint density at radius 1 is 0.864 bits per heavy atom. The fourth-order valence-corrected chi connectivity index (χ4v) is 6.68. The monoisotopic (exact) mass is 614 g/mol. The number of likely N-dealkylation sites (N-methyl/N-ethyl adjacent to an activating group) is 1. The Morgan fingerprint density at radius 3 is 2.30 bits per heavy atom. The molecule has 232 valence electrons. The molecule has 3 aliphatic heterocycles. The number of nitrogens with zero attached hydrogens (tertiary/aromatic N) is 4. The molecular weight excluding hydrogens is 572 g/mol. The van der Waals surface area contributed by atoms with Crippen LogP contribution in [0.25, 0.3) is 0 Å². The summed E-state index contributed by atoms with van der Waals surface area (Å²) in [6.07, 6.45) is 1.02. The van der Waals surface area contributed by atoms with E-state index >= 15 is 0 Å². The fourth-order valence-electron chi connectivity index (χ4n) is 6.56. The van der Waals surface area contributed by atoms with Gasteiger partial charge in [-0.3, -0.25) is 14.5 Å². The van der Waals surface area contributed by atoms with Gasteiger partial charge >= 0.3 is 0 Å². The molecule has 2 atom stereocenters. The largest absolute Gasteiger partial charge is 0.368 e. The van der Waals surface area contributed by atoms with Crippen LogP contribution in [-0.2, 0) is 35.5 Å². The van der Waals surface area contributed by atoms with Crippen molar-refractivity contribution in [1.82, 2.24) is 25.3 Å². The molecule has 0 radical (unpaired) electrons. The summed E-state index contributed by atoms with van der Waals surface area (Å²) >= 11 is 6.13. The number of carbonyl (C=O) groups is 2. The van der Waals surface area contributed by atoms with Gasteiger partial charge in [0.25, 0.3) is 0 Å². The third-order valence-electron chi connectivity index (χ3n) is 9.28. The summed E-state index contributed by atoms with van der Waals surface area (Å²) in [5.41, 5.74) is 5.95. The molecule has 0 aromatic heterocycles. The van der Waals surface area contributed by atoms with Crippen molar-refractivity contribution >= 4 is 29.1 Å². The average molecular weight is 615 g/mol. The van der Waals surface area contributed by atoms with Gasteiger partial charge in [-0.15, -0.1) is 0 Å². The number of carbonyl (C=O) groups excluding carboxylic acids is 2. The average Bonchev–Trinajstić information content (AvgIpc) is 3.06. The first-order valence-electron chi connectivity index (χ1n) is 15.8. The lowest BCUT2D eigenvalue weighted by molar-refractivity contribution is -0.137. The summed E-state index contributed by atoms with van der Waals surface area (Å²) in [7, 11) is 2.18. The summed E-state index contributed by atoms with van der Waals surface area (Å²) in [6.45, 7) is 8.69. The molecule has 44 heavy (non-hydrogen) atoms. The third-order valence-corrected chi connectivity index (χ3v) is 9.53. The maximum Gasteiger partial charge on any atom is 0.245 e. The highest BCUT2D eigenvalue weighted by Gasteiger charge is 2.32. The number of fused-ring (bicyclic) bond motifs is 1. The van der Waals surface area contributed by atoms with E-state index in [-0.39, 0.29) is 17.9 Å².